The molecule has 3 heterocycles. The molecule has 1 fully saturated rings. The van der Waals surface area contributed by atoms with Crippen LogP contribution in [0.25, 0.3) is 0 Å². The first kappa shape index (κ1) is 17.9. The molecular formula is C20H26N4O3. The largest absolute Gasteiger partial charge is 0.497 e. The van der Waals surface area contributed by atoms with Crippen LogP contribution in [-0.4, -0.2) is 61.6 Å². The number of benzene rings is 1. The minimum atomic E-state index is -0.448. The summed E-state index contributed by atoms with van der Waals surface area (Å²) in [5, 5.41) is 5.72. The fourth-order valence-electron chi connectivity index (χ4n) is 4.13. The predicted molar refractivity (Wildman–Crippen MR) is 101 cm³/mol. The molecule has 0 bridgehead atoms. The lowest BCUT2D eigenvalue weighted by Crippen LogP contribution is -2.44. The average Bonchev–Trinajstić information content (AvgIpc) is 3.02. The number of likely N-dealkylation sites (tertiary alicyclic amines) is 1. The van der Waals surface area contributed by atoms with Crippen molar-refractivity contribution in [3.63, 3.8) is 0 Å². The molecule has 0 aromatic heterocycles. The monoisotopic (exact) mass is 370 g/mol. The number of hydrogen-bond acceptors (Lipinski definition) is 4. The summed E-state index contributed by atoms with van der Waals surface area (Å²) in [4.78, 5) is 29.5. The molecule has 0 aliphatic carbocycles. The van der Waals surface area contributed by atoms with Gasteiger partial charge in [-0.2, -0.15) is 0 Å². The molecule has 4 rings (SSSR count). The van der Waals surface area contributed by atoms with Crippen LogP contribution in [0.1, 0.15) is 30.9 Å². The molecule has 1 atom stereocenters. The van der Waals surface area contributed by atoms with Gasteiger partial charge in [0.2, 0.25) is 0 Å². The van der Waals surface area contributed by atoms with Crippen LogP contribution in [0.2, 0.25) is 0 Å². The Kier molecular flexibility index (Phi) is 5.03. The highest BCUT2D eigenvalue weighted by Crippen LogP contribution is 2.33. The van der Waals surface area contributed by atoms with Gasteiger partial charge in [0.15, 0.2) is 0 Å². The Hall–Kier alpha value is -2.54. The number of rotatable bonds is 5. The van der Waals surface area contributed by atoms with Gasteiger partial charge in [-0.25, -0.2) is 4.79 Å². The highest BCUT2D eigenvalue weighted by Gasteiger charge is 2.40. The Labute approximate surface area is 159 Å². The first-order valence-corrected chi connectivity index (χ1v) is 9.62. The summed E-state index contributed by atoms with van der Waals surface area (Å²) in [6, 6.07) is 6.78. The highest BCUT2D eigenvalue weighted by atomic mass is 16.5. The van der Waals surface area contributed by atoms with Gasteiger partial charge in [-0.15, -0.1) is 0 Å². The zero-order valence-electron chi connectivity index (χ0n) is 15.7. The van der Waals surface area contributed by atoms with Gasteiger partial charge in [0, 0.05) is 13.1 Å². The molecule has 1 saturated heterocycles. The van der Waals surface area contributed by atoms with E-state index in [4.69, 9.17) is 4.74 Å². The van der Waals surface area contributed by atoms with Gasteiger partial charge in [-0.3, -0.25) is 4.79 Å². The summed E-state index contributed by atoms with van der Waals surface area (Å²) < 4.78 is 5.29. The summed E-state index contributed by atoms with van der Waals surface area (Å²) in [5.74, 6) is 0.706. The third-order valence-electron chi connectivity index (χ3n) is 5.58. The second kappa shape index (κ2) is 7.60. The highest BCUT2D eigenvalue weighted by molar-refractivity contribution is 6.01. The Morgan fingerprint density at radius 2 is 1.96 bits per heavy atom. The van der Waals surface area contributed by atoms with Crippen molar-refractivity contribution in [2.24, 2.45) is 0 Å². The molecule has 3 aliphatic heterocycles. The van der Waals surface area contributed by atoms with Crippen LogP contribution in [0.4, 0.5) is 4.79 Å². The van der Waals surface area contributed by atoms with Crippen molar-refractivity contribution in [1.82, 2.24) is 20.4 Å². The molecule has 7 heteroatoms. The molecule has 0 unspecified atom stereocenters. The van der Waals surface area contributed by atoms with Gasteiger partial charge in [0.25, 0.3) is 5.91 Å². The normalized spacial score (nSPS) is 23.1. The molecule has 3 aliphatic rings. The maximum Gasteiger partial charge on any atom is 0.319 e. The van der Waals surface area contributed by atoms with Gasteiger partial charge in [-0.05, 0) is 43.6 Å². The van der Waals surface area contributed by atoms with E-state index >= 15 is 0 Å². The molecule has 1 aromatic carbocycles. The van der Waals surface area contributed by atoms with E-state index in [2.05, 4.69) is 15.5 Å². The van der Waals surface area contributed by atoms with Crippen LogP contribution in [0.15, 0.2) is 35.5 Å². The van der Waals surface area contributed by atoms with E-state index in [-0.39, 0.29) is 11.9 Å². The lowest BCUT2D eigenvalue weighted by molar-refractivity contribution is -0.126. The van der Waals surface area contributed by atoms with Gasteiger partial charge in [0.05, 0.1) is 31.0 Å². The first-order valence-electron chi connectivity index (χ1n) is 9.62. The molecule has 1 aromatic rings. The summed E-state index contributed by atoms with van der Waals surface area (Å²) in [7, 11) is 1.61. The molecule has 144 valence electrons. The van der Waals surface area contributed by atoms with E-state index in [1.165, 1.54) is 19.3 Å². The number of nitrogens with zero attached hydrogens (tertiary/aromatic N) is 2. The topological polar surface area (TPSA) is 73.9 Å². The first-order chi connectivity index (χ1) is 13.2. The summed E-state index contributed by atoms with van der Waals surface area (Å²) in [5.41, 5.74) is 2.21. The molecule has 7 nitrogen and oxygen atoms in total. The number of methoxy groups -OCH3 is 1. The van der Waals surface area contributed by atoms with Gasteiger partial charge >= 0.3 is 6.03 Å². The lowest BCUT2D eigenvalue weighted by Gasteiger charge is -2.28. The molecular weight excluding hydrogens is 344 g/mol. The molecule has 0 saturated carbocycles. The number of nitrogens with one attached hydrogen (secondary N) is 2. The lowest BCUT2D eigenvalue weighted by atomic mass is 9.96. The number of amides is 3. The van der Waals surface area contributed by atoms with Crippen molar-refractivity contribution < 1.29 is 14.3 Å². The fourth-order valence-corrected chi connectivity index (χ4v) is 4.13. The van der Waals surface area contributed by atoms with Crippen molar-refractivity contribution in [3.8, 4) is 5.75 Å². The Bertz CT molecular complexity index is 770. The quantitative estimate of drug-likeness (QED) is 0.826. The summed E-state index contributed by atoms with van der Waals surface area (Å²) >= 11 is 0. The van der Waals surface area contributed by atoms with Crippen LogP contribution < -0.4 is 15.4 Å². The smallest absolute Gasteiger partial charge is 0.319 e. The minimum Gasteiger partial charge on any atom is -0.497 e. The van der Waals surface area contributed by atoms with Gasteiger partial charge < -0.3 is 25.2 Å². The van der Waals surface area contributed by atoms with Crippen molar-refractivity contribution in [2.45, 2.75) is 25.3 Å². The zero-order valence-corrected chi connectivity index (χ0v) is 15.7. The standard InChI is InChI=1S/C20H26N4O3/c1-27-15-7-5-6-14(12-15)18-17-16(21-20(26)22-18)13-24(19(17)25)11-10-23-8-3-2-4-9-23/h5-7,12,18H,2-4,8-11,13H2,1H3,(H2,21,22,26)/t18-/m0/s1. The SMILES string of the molecule is COc1cccc([C@@H]2NC(=O)NC3=C2C(=O)N(CCN2CCCCC2)C3)c1. The van der Waals surface area contributed by atoms with E-state index in [0.29, 0.717) is 24.4 Å². The molecule has 2 N–H and O–H groups in total. The Balaban J connectivity index is 1.51. The second-order valence-electron chi connectivity index (χ2n) is 7.33. The zero-order chi connectivity index (χ0) is 18.8. The molecule has 0 spiro atoms. The number of carbonyl (C=O) groups is 2. The second-order valence-corrected chi connectivity index (χ2v) is 7.33. The van der Waals surface area contributed by atoms with Crippen molar-refractivity contribution in [1.29, 1.82) is 0 Å². The fraction of sp³-hybridized carbons (Fsp3) is 0.500. The van der Waals surface area contributed by atoms with Crippen LogP contribution in [0.3, 0.4) is 0 Å². The predicted octanol–water partition coefficient (Wildman–Crippen LogP) is 1.63. The third-order valence-corrected chi connectivity index (χ3v) is 5.58. The van der Waals surface area contributed by atoms with E-state index < -0.39 is 6.04 Å². The number of urea groups is 1. The van der Waals surface area contributed by atoms with Crippen molar-refractivity contribution >= 4 is 11.9 Å². The minimum absolute atomic E-state index is 0.00216. The number of carbonyl (C=O) groups excluding carboxylic acids is 2. The summed E-state index contributed by atoms with van der Waals surface area (Å²) in [6.45, 7) is 4.26. The molecule has 3 amide bonds. The van der Waals surface area contributed by atoms with Crippen LogP contribution in [0, 0.1) is 0 Å². The maximum absolute atomic E-state index is 13.1. The summed E-state index contributed by atoms with van der Waals surface area (Å²) in [6.07, 6.45) is 3.77. The molecule has 0 radical (unpaired) electrons. The van der Waals surface area contributed by atoms with Crippen LogP contribution >= 0.6 is 0 Å². The number of hydrogen-bond donors (Lipinski definition) is 2. The van der Waals surface area contributed by atoms with E-state index in [0.717, 1.165) is 30.9 Å². The van der Waals surface area contributed by atoms with Gasteiger partial charge in [0.1, 0.15) is 5.75 Å². The van der Waals surface area contributed by atoms with Gasteiger partial charge in [-0.1, -0.05) is 18.6 Å². The molecule has 27 heavy (non-hydrogen) atoms. The van der Waals surface area contributed by atoms with Crippen LogP contribution in [-0.2, 0) is 4.79 Å². The van der Waals surface area contributed by atoms with E-state index in [1.54, 1.807) is 7.11 Å². The van der Waals surface area contributed by atoms with Crippen molar-refractivity contribution in [2.75, 3.05) is 39.8 Å². The average molecular weight is 370 g/mol. The Morgan fingerprint density at radius 1 is 1.15 bits per heavy atom. The van der Waals surface area contributed by atoms with Crippen LogP contribution in [0.5, 0.6) is 5.75 Å². The maximum atomic E-state index is 13.1. The van der Waals surface area contributed by atoms with Crippen molar-refractivity contribution in [3.05, 3.63) is 41.1 Å². The number of ether oxygens (including phenoxy) is 1. The third kappa shape index (κ3) is 3.64. The number of piperidine rings is 1. The van der Waals surface area contributed by atoms with E-state index in [9.17, 15) is 9.59 Å². The Morgan fingerprint density at radius 3 is 2.74 bits per heavy atom. The van der Waals surface area contributed by atoms with E-state index in [1.807, 2.05) is 29.2 Å².